The topological polar surface area (TPSA) is 49.9 Å². The molecule has 0 atom stereocenters. The van der Waals surface area contributed by atoms with Crippen LogP contribution in [-0.2, 0) is 16.0 Å². The molecule has 2 aliphatic heterocycles. The molecule has 0 bridgehead atoms. The first-order valence-corrected chi connectivity index (χ1v) is 12.1. The molecule has 5 heteroatoms. The van der Waals surface area contributed by atoms with Crippen LogP contribution in [0.3, 0.4) is 0 Å². The number of hydrogen-bond acceptors (Lipinski definition) is 4. The molecule has 174 valence electrons. The summed E-state index contributed by atoms with van der Waals surface area (Å²) in [5.41, 5.74) is 3.25. The fourth-order valence-electron chi connectivity index (χ4n) is 4.82. The number of piperidine rings is 1. The summed E-state index contributed by atoms with van der Waals surface area (Å²) in [6.07, 6.45) is 3.92. The normalized spacial score (nSPS) is 17.5. The predicted octanol–water partition coefficient (Wildman–Crippen LogP) is 4.92. The number of amides is 2. The van der Waals surface area contributed by atoms with Crippen LogP contribution in [0.4, 0.5) is 0 Å². The molecule has 0 aromatic heterocycles. The number of imide groups is 1. The molecular weight excluding hydrogens is 412 g/mol. The molecule has 0 saturated carbocycles. The van der Waals surface area contributed by atoms with Gasteiger partial charge in [0, 0.05) is 19.6 Å². The van der Waals surface area contributed by atoms with Crippen LogP contribution in [-0.4, -0.2) is 47.4 Å². The highest BCUT2D eigenvalue weighted by Gasteiger charge is 2.41. The molecule has 0 unspecified atom stereocenters. The minimum atomic E-state index is -0.180. The van der Waals surface area contributed by atoms with E-state index in [-0.39, 0.29) is 17.9 Å². The number of nitrogens with zero attached hydrogens (tertiary/aromatic N) is 2. The van der Waals surface area contributed by atoms with Crippen LogP contribution in [0.5, 0.6) is 5.75 Å². The molecule has 1 saturated heterocycles. The lowest BCUT2D eigenvalue weighted by molar-refractivity contribution is -0.137. The highest BCUT2D eigenvalue weighted by molar-refractivity contribution is 6.35. The maximum atomic E-state index is 13.4. The maximum absolute atomic E-state index is 13.4. The van der Waals surface area contributed by atoms with Crippen LogP contribution < -0.4 is 4.74 Å². The van der Waals surface area contributed by atoms with E-state index >= 15 is 0 Å². The van der Waals surface area contributed by atoms with Gasteiger partial charge in [0.15, 0.2) is 0 Å². The van der Waals surface area contributed by atoms with Gasteiger partial charge < -0.3 is 9.64 Å². The fourth-order valence-corrected chi connectivity index (χ4v) is 4.82. The van der Waals surface area contributed by atoms with Gasteiger partial charge in [0.1, 0.15) is 11.4 Å². The number of likely N-dealkylation sites (tertiary alicyclic amines) is 1. The van der Waals surface area contributed by atoms with E-state index in [1.807, 2.05) is 51.1 Å². The van der Waals surface area contributed by atoms with Crippen molar-refractivity contribution in [1.82, 2.24) is 9.80 Å². The minimum absolute atomic E-state index is 0.0811. The summed E-state index contributed by atoms with van der Waals surface area (Å²) in [7, 11) is 0. The average Bonchev–Trinajstić information content (AvgIpc) is 3.06. The number of ether oxygens (including phenoxy) is 1. The van der Waals surface area contributed by atoms with E-state index in [0.717, 1.165) is 50.1 Å². The van der Waals surface area contributed by atoms with E-state index in [0.29, 0.717) is 23.7 Å². The largest absolute Gasteiger partial charge is 0.491 e. The number of hydrogen-bond donors (Lipinski definition) is 0. The molecule has 2 aromatic rings. The zero-order valence-corrected chi connectivity index (χ0v) is 19.9. The molecule has 2 heterocycles. The van der Waals surface area contributed by atoms with Crippen LogP contribution in [0.1, 0.15) is 51.2 Å². The lowest BCUT2D eigenvalue weighted by Crippen LogP contribution is -2.39. The first kappa shape index (κ1) is 23.1. The van der Waals surface area contributed by atoms with E-state index in [2.05, 4.69) is 29.2 Å². The van der Waals surface area contributed by atoms with Gasteiger partial charge in [-0.3, -0.25) is 14.5 Å². The Labute approximate surface area is 197 Å². The van der Waals surface area contributed by atoms with Crippen molar-refractivity contribution in [3.05, 3.63) is 71.4 Å². The predicted molar refractivity (Wildman–Crippen MR) is 131 cm³/mol. The summed E-state index contributed by atoms with van der Waals surface area (Å²) >= 11 is 0. The van der Waals surface area contributed by atoms with Crippen LogP contribution >= 0.6 is 0 Å². The second-order valence-electron chi connectivity index (χ2n) is 9.30. The molecule has 4 rings (SSSR count). The summed E-state index contributed by atoms with van der Waals surface area (Å²) in [5, 5.41) is 0. The van der Waals surface area contributed by atoms with Gasteiger partial charge in [-0.05, 0) is 68.7 Å². The van der Waals surface area contributed by atoms with Gasteiger partial charge in [-0.1, -0.05) is 49.4 Å². The molecule has 0 N–H and O–H groups in total. The van der Waals surface area contributed by atoms with E-state index in [4.69, 9.17) is 4.74 Å². The SMILES string of the molecule is CCCN1C(=O)C(c2ccc(OC(C)C)cc2)=C(N2CCC(Cc3ccccc3)CC2)C1=O. The van der Waals surface area contributed by atoms with E-state index < -0.39 is 0 Å². The van der Waals surface area contributed by atoms with Gasteiger partial charge in [0.25, 0.3) is 11.8 Å². The van der Waals surface area contributed by atoms with Crippen molar-refractivity contribution in [2.75, 3.05) is 19.6 Å². The van der Waals surface area contributed by atoms with Crippen molar-refractivity contribution >= 4 is 17.4 Å². The van der Waals surface area contributed by atoms with Gasteiger partial charge in [0.05, 0.1) is 11.7 Å². The van der Waals surface area contributed by atoms with E-state index in [1.165, 1.54) is 10.5 Å². The van der Waals surface area contributed by atoms with Crippen molar-refractivity contribution < 1.29 is 14.3 Å². The molecule has 33 heavy (non-hydrogen) atoms. The minimum Gasteiger partial charge on any atom is -0.491 e. The highest BCUT2D eigenvalue weighted by atomic mass is 16.5. The Kier molecular flexibility index (Phi) is 7.17. The number of carbonyl (C=O) groups excluding carboxylic acids is 2. The maximum Gasteiger partial charge on any atom is 0.277 e. The van der Waals surface area contributed by atoms with Crippen LogP contribution in [0, 0.1) is 5.92 Å². The van der Waals surface area contributed by atoms with Gasteiger partial charge in [-0.15, -0.1) is 0 Å². The van der Waals surface area contributed by atoms with Gasteiger partial charge in [-0.25, -0.2) is 0 Å². The van der Waals surface area contributed by atoms with Gasteiger partial charge in [-0.2, -0.15) is 0 Å². The van der Waals surface area contributed by atoms with Crippen LogP contribution in [0.15, 0.2) is 60.3 Å². The second-order valence-corrected chi connectivity index (χ2v) is 9.30. The third kappa shape index (κ3) is 5.13. The van der Waals surface area contributed by atoms with Gasteiger partial charge >= 0.3 is 0 Å². The number of benzene rings is 2. The molecule has 0 spiro atoms. The third-order valence-corrected chi connectivity index (χ3v) is 6.40. The summed E-state index contributed by atoms with van der Waals surface area (Å²) in [4.78, 5) is 30.2. The van der Waals surface area contributed by atoms with E-state index in [1.54, 1.807) is 0 Å². The Morgan fingerprint density at radius 3 is 2.21 bits per heavy atom. The highest BCUT2D eigenvalue weighted by Crippen LogP contribution is 2.35. The lowest BCUT2D eigenvalue weighted by Gasteiger charge is -2.34. The van der Waals surface area contributed by atoms with E-state index in [9.17, 15) is 9.59 Å². The van der Waals surface area contributed by atoms with Crippen molar-refractivity contribution in [2.45, 2.75) is 52.6 Å². The quantitative estimate of drug-likeness (QED) is 0.540. The average molecular weight is 447 g/mol. The van der Waals surface area contributed by atoms with Crippen LogP contribution in [0.25, 0.3) is 5.57 Å². The number of carbonyl (C=O) groups is 2. The summed E-state index contributed by atoms with van der Waals surface area (Å²) in [6, 6.07) is 18.1. The molecule has 2 aliphatic rings. The smallest absolute Gasteiger partial charge is 0.277 e. The van der Waals surface area contributed by atoms with Crippen molar-refractivity contribution in [1.29, 1.82) is 0 Å². The Balaban J connectivity index is 1.56. The molecule has 2 aromatic carbocycles. The fraction of sp³-hybridized carbons (Fsp3) is 0.429. The lowest BCUT2D eigenvalue weighted by atomic mass is 9.89. The third-order valence-electron chi connectivity index (χ3n) is 6.40. The molecule has 2 amide bonds. The van der Waals surface area contributed by atoms with Crippen LogP contribution in [0.2, 0.25) is 0 Å². The summed E-state index contributed by atoms with van der Waals surface area (Å²) in [6.45, 7) is 8.00. The van der Waals surface area contributed by atoms with Crippen molar-refractivity contribution in [3.8, 4) is 5.75 Å². The summed E-state index contributed by atoms with van der Waals surface area (Å²) < 4.78 is 5.75. The molecule has 5 nitrogen and oxygen atoms in total. The first-order chi connectivity index (χ1) is 16.0. The molecule has 0 radical (unpaired) electrons. The number of rotatable bonds is 8. The molecule has 0 aliphatic carbocycles. The monoisotopic (exact) mass is 446 g/mol. The Morgan fingerprint density at radius 1 is 0.939 bits per heavy atom. The standard InChI is InChI=1S/C28H34N2O3/c1-4-16-30-27(31)25(23-10-12-24(13-11-23)33-20(2)3)26(28(30)32)29-17-14-22(15-18-29)19-21-8-6-5-7-9-21/h5-13,20,22H,4,14-19H2,1-3H3. The zero-order chi connectivity index (χ0) is 23.4. The van der Waals surface area contributed by atoms with Gasteiger partial charge in [0.2, 0.25) is 0 Å². The van der Waals surface area contributed by atoms with Crippen molar-refractivity contribution in [2.24, 2.45) is 5.92 Å². The first-order valence-electron chi connectivity index (χ1n) is 12.1. The summed E-state index contributed by atoms with van der Waals surface area (Å²) in [5.74, 6) is 1.03. The second kappa shape index (κ2) is 10.2. The molecule has 1 fully saturated rings. The zero-order valence-electron chi connectivity index (χ0n) is 19.9. The Morgan fingerprint density at radius 2 is 1.61 bits per heavy atom. The molecular formula is C28H34N2O3. The van der Waals surface area contributed by atoms with Crippen molar-refractivity contribution in [3.63, 3.8) is 0 Å². The Bertz CT molecular complexity index is 1000. The Hall–Kier alpha value is -3.08.